The number of carbonyl (C=O) groups is 2. The first-order valence-corrected chi connectivity index (χ1v) is 5.23. The van der Waals surface area contributed by atoms with Gasteiger partial charge < -0.3 is 9.57 Å². The van der Waals surface area contributed by atoms with Gasteiger partial charge in [0.1, 0.15) is 11.4 Å². The summed E-state index contributed by atoms with van der Waals surface area (Å²) in [5, 5.41) is 0.987. The van der Waals surface area contributed by atoms with Gasteiger partial charge in [0.15, 0.2) is 5.60 Å². The summed E-state index contributed by atoms with van der Waals surface area (Å²) in [5.41, 5.74) is -0.615. The van der Waals surface area contributed by atoms with E-state index in [1.54, 1.807) is 38.1 Å². The van der Waals surface area contributed by atoms with Crippen molar-refractivity contribution >= 4 is 17.6 Å². The molecule has 0 atom stereocenters. The van der Waals surface area contributed by atoms with Crippen LogP contribution in [0.25, 0.3) is 0 Å². The maximum Gasteiger partial charge on any atom is 0.330 e. The van der Waals surface area contributed by atoms with E-state index in [2.05, 4.69) is 0 Å². The molecule has 1 aliphatic heterocycles. The first-order chi connectivity index (χ1) is 7.92. The van der Waals surface area contributed by atoms with Crippen LogP contribution in [0.5, 0.6) is 5.75 Å². The van der Waals surface area contributed by atoms with Gasteiger partial charge in [-0.25, -0.2) is 4.79 Å². The normalized spacial score (nSPS) is 17.1. The second-order valence-electron chi connectivity index (χ2n) is 4.26. The summed E-state index contributed by atoms with van der Waals surface area (Å²) < 4.78 is 5.56. The Morgan fingerprint density at radius 1 is 1.35 bits per heavy atom. The third-order valence-corrected chi connectivity index (χ3v) is 2.37. The average molecular weight is 235 g/mol. The Hall–Kier alpha value is -2.04. The van der Waals surface area contributed by atoms with Crippen LogP contribution in [-0.4, -0.2) is 17.5 Å². The van der Waals surface area contributed by atoms with E-state index < -0.39 is 17.5 Å². The van der Waals surface area contributed by atoms with Crippen LogP contribution in [0, 0.1) is 0 Å². The summed E-state index contributed by atoms with van der Waals surface area (Å²) in [6, 6.07) is 6.91. The number of hydroxylamine groups is 1. The number of benzene rings is 1. The van der Waals surface area contributed by atoms with Gasteiger partial charge in [-0.15, -0.1) is 5.06 Å². The van der Waals surface area contributed by atoms with Crippen LogP contribution in [0.4, 0.5) is 5.69 Å². The summed E-state index contributed by atoms with van der Waals surface area (Å²) >= 11 is 0. The van der Waals surface area contributed by atoms with Crippen LogP contribution in [0.2, 0.25) is 0 Å². The summed E-state index contributed by atoms with van der Waals surface area (Å²) in [7, 11) is 0. The monoisotopic (exact) mass is 235 g/mol. The molecule has 0 aliphatic carbocycles. The molecule has 0 saturated carbocycles. The van der Waals surface area contributed by atoms with E-state index in [-0.39, 0.29) is 0 Å². The highest BCUT2D eigenvalue weighted by molar-refractivity contribution is 6.01. The van der Waals surface area contributed by atoms with E-state index in [9.17, 15) is 9.59 Å². The van der Waals surface area contributed by atoms with Crippen LogP contribution in [0.1, 0.15) is 20.8 Å². The zero-order chi connectivity index (χ0) is 12.6. The van der Waals surface area contributed by atoms with Gasteiger partial charge in [0.05, 0.1) is 0 Å². The van der Waals surface area contributed by atoms with Crippen LogP contribution < -0.4 is 9.80 Å². The van der Waals surface area contributed by atoms with Crippen molar-refractivity contribution in [1.29, 1.82) is 0 Å². The van der Waals surface area contributed by atoms with Gasteiger partial charge in [0, 0.05) is 6.92 Å². The highest BCUT2D eigenvalue weighted by Crippen LogP contribution is 2.37. The molecule has 1 heterocycles. The topological polar surface area (TPSA) is 55.8 Å². The Morgan fingerprint density at radius 3 is 2.65 bits per heavy atom. The molecule has 0 spiro atoms. The highest BCUT2D eigenvalue weighted by atomic mass is 16.7. The fourth-order valence-corrected chi connectivity index (χ4v) is 1.60. The largest absolute Gasteiger partial charge is 0.476 e. The van der Waals surface area contributed by atoms with Gasteiger partial charge in [0.25, 0.3) is 0 Å². The van der Waals surface area contributed by atoms with Crippen molar-refractivity contribution in [3.63, 3.8) is 0 Å². The van der Waals surface area contributed by atoms with Crippen molar-refractivity contribution in [2.45, 2.75) is 26.4 Å². The Kier molecular flexibility index (Phi) is 2.53. The molecule has 1 amide bonds. The smallest absolute Gasteiger partial charge is 0.330 e. The molecule has 0 radical (unpaired) electrons. The molecule has 0 saturated heterocycles. The first kappa shape index (κ1) is 11.4. The van der Waals surface area contributed by atoms with Crippen LogP contribution in [0.15, 0.2) is 24.3 Å². The molecule has 17 heavy (non-hydrogen) atoms. The molecule has 1 aromatic carbocycles. The van der Waals surface area contributed by atoms with E-state index >= 15 is 0 Å². The molecule has 0 unspecified atom stereocenters. The molecule has 0 aromatic heterocycles. The zero-order valence-electron chi connectivity index (χ0n) is 9.89. The number of nitrogens with zero attached hydrogens (tertiary/aromatic N) is 1. The lowest BCUT2D eigenvalue weighted by Crippen LogP contribution is -2.52. The lowest BCUT2D eigenvalue weighted by Gasteiger charge is -2.36. The van der Waals surface area contributed by atoms with Gasteiger partial charge in [-0.3, -0.25) is 4.79 Å². The standard InChI is InChI=1S/C12H13NO4/c1-8(14)17-13-9-6-4-5-7-10(9)16-12(2,3)11(13)15/h4-7H,1-3H3. The summed E-state index contributed by atoms with van der Waals surface area (Å²) in [6.45, 7) is 4.50. The fourth-order valence-electron chi connectivity index (χ4n) is 1.60. The number of para-hydroxylation sites is 2. The molecule has 0 N–H and O–H groups in total. The highest BCUT2D eigenvalue weighted by Gasteiger charge is 2.42. The molecule has 0 bridgehead atoms. The van der Waals surface area contributed by atoms with Crippen molar-refractivity contribution < 1.29 is 19.2 Å². The summed E-state index contributed by atoms with van der Waals surface area (Å²) in [4.78, 5) is 28.0. The number of carbonyl (C=O) groups excluding carboxylic acids is 2. The third kappa shape index (κ3) is 1.95. The van der Waals surface area contributed by atoms with E-state index in [0.717, 1.165) is 5.06 Å². The van der Waals surface area contributed by atoms with Crippen LogP contribution in [-0.2, 0) is 14.4 Å². The molecular formula is C12H13NO4. The Balaban J connectivity index is 2.48. The molecule has 5 nitrogen and oxygen atoms in total. The van der Waals surface area contributed by atoms with Crippen molar-refractivity contribution in [3.05, 3.63) is 24.3 Å². The average Bonchev–Trinajstić information content (AvgIpc) is 2.24. The van der Waals surface area contributed by atoms with Crippen molar-refractivity contribution in [1.82, 2.24) is 0 Å². The summed E-state index contributed by atoms with van der Waals surface area (Å²) in [6.07, 6.45) is 0. The Morgan fingerprint density at radius 2 is 2.00 bits per heavy atom. The number of amides is 1. The van der Waals surface area contributed by atoms with Crippen LogP contribution in [0.3, 0.4) is 0 Å². The van der Waals surface area contributed by atoms with Crippen molar-refractivity contribution in [2.24, 2.45) is 0 Å². The predicted molar refractivity (Wildman–Crippen MR) is 60.4 cm³/mol. The molecule has 90 valence electrons. The van der Waals surface area contributed by atoms with E-state index in [1.165, 1.54) is 6.92 Å². The van der Waals surface area contributed by atoms with Gasteiger partial charge in [0.2, 0.25) is 0 Å². The van der Waals surface area contributed by atoms with Gasteiger partial charge in [-0.05, 0) is 26.0 Å². The molecule has 2 rings (SSSR count). The van der Waals surface area contributed by atoms with Gasteiger partial charge in [-0.1, -0.05) is 12.1 Å². The van der Waals surface area contributed by atoms with Gasteiger partial charge >= 0.3 is 11.9 Å². The fraction of sp³-hybridized carbons (Fsp3) is 0.333. The Bertz CT molecular complexity index is 481. The van der Waals surface area contributed by atoms with E-state index in [0.29, 0.717) is 11.4 Å². The molecule has 1 aromatic rings. The minimum atomic E-state index is -1.05. The second kappa shape index (κ2) is 3.76. The quantitative estimate of drug-likeness (QED) is 0.743. The number of fused-ring (bicyclic) bond motifs is 1. The Labute approximate surface area is 98.9 Å². The van der Waals surface area contributed by atoms with Crippen molar-refractivity contribution in [3.8, 4) is 5.75 Å². The molecule has 5 heteroatoms. The lowest BCUT2D eigenvalue weighted by atomic mass is 10.1. The van der Waals surface area contributed by atoms with Crippen molar-refractivity contribution in [2.75, 3.05) is 5.06 Å². The summed E-state index contributed by atoms with van der Waals surface area (Å²) in [5.74, 6) is -0.449. The SMILES string of the molecule is CC(=O)ON1C(=O)C(C)(C)Oc2ccccc21. The maximum atomic E-state index is 12.1. The number of rotatable bonds is 1. The minimum absolute atomic E-state index is 0.411. The van der Waals surface area contributed by atoms with E-state index in [1.807, 2.05) is 0 Å². The number of anilines is 1. The molecule has 0 fully saturated rings. The number of hydrogen-bond acceptors (Lipinski definition) is 4. The maximum absolute atomic E-state index is 12.1. The number of ether oxygens (including phenoxy) is 1. The third-order valence-electron chi connectivity index (χ3n) is 2.37. The second-order valence-corrected chi connectivity index (χ2v) is 4.26. The zero-order valence-corrected chi connectivity index (χ0v) is 9.89. The predicted octanol–water partition coefficient (Wildman–Crippen LogP) is 1.67. The number of hydrogen-bond donors (Lipinski definition) is 0. The molecular weight excluding hydrogens is 222 g/mol. The first-order valence-electron chi connectivity index (χ1n) is 5.23. The van der Waals surface area contributed by atoms with Gasteiger partial charge in [-0.2, -0.15) is 0 Å². The van der Waals surface area contributed by atoms with Crippen LogP contribution >= 0.6 is 0 Å². The molecule has 1 aliphatic rings. The van der Waals surface area contributed by atoms with E-state index in [4.69, 9.17) is 9.57 Å². The lowest BCUT2D eigenvalue weighted by molar-refractivity contribution is -0.154. The minimum Gasteiger partial charge on any atom is -0.476 e.